The second-order valence-corrected chi connectivity index (χ2v) is 4.37. The second-order valence-electron chi connectivity index (χ2n) is 2.94. The Morgan fingerprint density at radius 3 is 2.81 bits per heavy atom. The summed E-state index contributed by atoms with van der Waals surface area (Å²) in [6.07, 6.45) is 0. The number of nitrogens with zero attached hydrogens (tertiary/aromatic N) is 3. The fourth-order valence-corrected chi connectivity index (χ4v) is 2.12. The first-order valence-corrected chi connectivity index (χ1v) is 5.56. The average Bonchev–Trinajstić information content (AvgIpc) is 2.64. The fraction of sp³-hybridized carbons (Fsp3) is 0.100. The number of rotatable bonds is 2. The van der Waals surface area contributed by atoms with Crippen LogP contribution in [0.2, 0.25) is 5.02 Å². The van der Waals surface area contributed by atoms with Gasteiger partial charge in [-0.15, -0.1) is 10.2 Å². The van der Waals surface area contributed by atoms with Crippen LogP contribution in [0.3, 0.4) is 0 Å². The molecule has 2 aromatic rings. The van der Waals surface area contributed by atoms with Crippen LogP contribution < -0.4 is 0 Å². The van der Waals surface area contributed by atoms with Crippen LogP contribution in [0.25, 0.3) is 0 Å². The Bertz CT molecular complexity index is 561. The van der Waals surface area contributed by atoms with Crippen molar-refractivity contribution >= 4 is 23.4 Å². The van der Waals surface area contributed by atoms with Crippen molar-refractivity contribution in [3.8, 4) is 6.07 Å². The first kappa shape index (κ1) is 11.0. The summed E-state index contributed by atoms with van der Waals surface area (Å²) < 4.78 is 5.22. The Kier molecular flexibility index (Phi) is 3.13. The summed E-state index contributed by atoms with van der Waals surface area (Å²) in [5, 5.41) is 17.2. The minimum atomic E-state index is 0.420. The number of halogens is 1. The van der Waals surface area contributed by atoms with E-state index >= 15 is 0 Å². The second kappa shape index (κ2) is 4.56. The highest BCUT2D eigenvalue weighted by molar-refractivity contribution is 7.99. The lowest BCUT2D eigenvalue weighted by atomic mass is 10.2. The van der Waals surface area contributed by atoms with Crippen LogP contribution in [0.1, 0.15) is 11.5 Å². The van der Waals surface area contributed by atoms with Crippen LogP contribution in [0, 0.1) is 18.3 Å². The molecule has 1 heterocycles. The van der Waals surface area contributed by atoms with Crippen molar-refractivity contribution in [2.45, 2.75) is 17.0 Å². The van der Waals surface area contributed by atoms with Crippen molar-refractivity contribution < 1.29 is 4.42 Å². The van der Waals surface area contributed by atoms with Gasteiger partial charge in [-0.1, -0.05) is 11.6 Å². The summed E-state index contributed by atoms with van der Waals surface area (Å²) in [7, 11) is 0. The third kappa shape index (κ3) is 2.35. The largest absolute Gasteiger partial charge is 0.416 e. The standard InChI is InChI=1S/C10H6ClN3OS/c1-6-13-14-10(15-6)16-8-3-2-7(5-12)9(11)4-8/h2-4H,1H3. The summed E-state index contributed by atoms with van der Waals surface area (Å²) in [5.41, 5.74) is 0.452. The number of aromatic nitrogens is 2. The van der Waals surface area contributed by atoms with Crippen molar-refractivity contribution in [3.63, 3.8) is 0 Å². The molecule has 0 bridgehead atoms. The third-order valence-electron chi connectivity index (χ3n) is 1.77. The molecule has 0 fully saturated rings. The molecule has 0 atom stereocenters. The number of hydrogen-bond acceptors (Lipinski definition) is 5. The highest BCUT2D eigenvalue weighted by atomic mass is 35.5. The lowest BCUT2D eigenvalue weighted by Crippen LogP contribution is -1.79. The molecule has 16 heavy (non-hydrogen) atoms. The van der Waals surface area contributed by atoms with E-state index in [1.165, 1.54) is 11.8 Å². The van der Waals surface area contributed by atoms with Crippen molar-refractivity contribution in [1.29, 1.82) is 5.26 Å². The first-order valence-electron chi connectivity index (χ1n) is 4.36. The van der Waals surface area contributed by atoms with Gasteiger partial charge in [0.2, 0.25) is 5.89 Å². The molecule has 1 aromatic carbocycles. The molecule has 6 heteroatoms. The quantitative estimate of drug-likeness (QED) is 0.821. The maximum atomic E-state index is 8.72. The molecule has 0 spiro atoms. The minimum Gasteiger partial charge on any atom is -0.416 e. The van der Waals surface area contributed by atoms with E-state index < -0.39 is 0 Å². The molecule has 4 nitrogen and oxygen atoms in total. The smallest absolute Gasteiger partial charge is 0.281 e. The summed E-state index contributed by atoms with van der Waals surface area (Å²) in [4.78, 5) is 0.854. The minimum absolute atomic E-state index is 0.420. The zero-order valence-corrected chi connectivity index (χ0v) is 9.84. The van der Waals surface area contributed by atoms with E-state index in [1.54, 1.807) is 25.1 Å². The Hall–Kier alpha value is -1.51. The predicted octanol–water partition coefficient (Wildman–Crippen LogP) is 3.05. The molecule has 80 valence electrons. The van der Waals surface area contributed by atoms with E-state index in [0.717, 1.165) is 4.90 Å². The first-order chi connectivity index (χ1) is 7.69. The maximum absolute atomic E-state index is 8.72. The number of nitriles is 1. The van der Waals surface area contributed by atoms with Crippen molar-refractivity contribution in [3.05, 3.63) is 34.7 Å². The molecular formula is C10H6ClN3OS. The zero-order valence-electron chi connectivity index (χ0n) is 8.27. The van der Waals surface area contributed by atoms with Crippen LogP contribution in [-0.4, -0.2) is 10.2 Å². The summed E-state index contributed by atoms with van der Waals surface area (Å²) >= 11 is 7.21. The molecule has 0 saturated heterocycles. The normalized spacial score (nSPS) is 10.1. The van der Waals surface area contributed by atoms with Gasteiger partial charge in [-0.25, -0.2) is 0 Å². The maximum Gasteiger partial charge on any atom is 0.281 e. The van der Waals surface area contributed by atoms with Crippen LogP contribution in [-0.2, 0) is 0 Å². The SMILES string of the molecule is Cc1nnc(Sc2ccc(C#N)c(Cl)c2)o1. The van der Waals surface area contributed by atoms with E-state index in [1.807, 2.05) is 6.07 Å². The van der Waals surface area contributed by atoms with E-state index in [9.17, 15) is 0 Å². The molecule has 0 N–H and O–H groups in total. The van der Waals surface area contributed by atoms with Gasteiger partial charge in [-0.2, -0.15) is 5.26 Å². The summed E-state index contributed by atoms with van der Waals surface area (Å²) in [6, 6.07) is 7.14. The molecule has 0 aliphatic heterocycles. The highest BCUT2D eigenvalue weighted by Crippen LogP contribution is 2.29. The molecule has 0 aliphatic carbocycles. The van der Waals surface area contributed by atoms with Crippen molar-refractivity contribution in [1.82, 2.24) is 10.2 Å². The van der Waals surface area contributed by atoms with Gasteiger partial charge in [0.15, 0.2) is 0 Å². The van der Waals surface area contributed by atoms with Gasteiger partial charge in [0.05, 0.1) is 10.6 Å². The van der Waals surface area contributed by atoms with Crippen LogP contribution in [0.5, 0.6) is 0 Å². The van der Waals surface area contributed by atoms with Crippen LogP contribution in [0.15, 0.2) is 32.7 Å². The van der Waals surface area contributed by atoms with Gasteiger partial charge >= 0.3 is 0 Å². The number of benzene rings is 1. The Labute approximate surface area is 101 Å². The fourth-order valence-electron chi connectivity index (χ4n) is 1.07. The number of hydrogen-bond donors (Lipinski definition) is 0. The van der Waals surface area contributed by atoms with Gasteiger partial charge in [0, 0.05) is 11.8 Å². The number of aryl methyl sites for hydroxylation is 1. The molecule has 1 aromatic heterocycles. The van der Waals surface area contributed by atoms with Crippen molar-refractivity contribution in [2.75, 3.05) is 0 Å². The molecule has 0 radical (unpaired) electrons. The molecular weight excluding hydrogens is 246 g/mol. The predicted molar refractivity (Wildman–Crippen MR) is 59.3 cm³/mol. The van der Waals surface area contributed by atoms with Crippen LogP contribution in [0.4, 0.5) is 0 Å². The topological polar surface area (TPSA) is 62.7 Å². The third-order valence-corrected chi connectivity index (χ3v) is 2.92. The van der Waals surface area contributed by atoms with Gasteiger partial charge in [-0.05, 0) is 30.0 Å². The van der Waals surface area contributed by atoms with Crippen LogP contribution >= 0.6 is 23.4 Å². The molecule has 2 rings (SSSR count). The van der Waals surface area contributed by atoms with Gasteiger partial charge in [0.1, 0.15) is 6.07 Å². The van der Waals surface area contributed by atoms with E-state index in [-0.39, 0.29) is 0 Å². The monoisotopic (exact) mass is 251 g/mol. The lowest BCUT2D eigenvalue weighted by Gasteiger charge is -1.98. The molecule has 0 aliphatic rings. The molecule has 0 saturated carbocycles. The van der Waals surface area contributed by atoms with Gasteiger partial charge in [-0.3, -0.25) is 0 Å². The van der Waals surface area contributed by atoms with Gasteiger partial charge < -0.3 is 4.42 Å². The molecule has 0 unspecified atom stereocenters. The van der Waals surface area contributed by atoms with E-state index in [4.69, 9.17) is 21.3 Å². The Balaban J connectivity index is 2.23. The molecule has 0 amide bonds. The Morgan fingerprint density at radius 2 is 2.25 bits per heavy atom. The van der Waals surface area contributed by atoms with Crippen molar-refractivity contribution in [2.24, 2.45) is 0 Å². The average molecular weight is 252 g/mol. The van der Waals surface area contributed by atoms with E-state index in [2.05, 4.69) is 10.2 Å². The van der Waals surface area contributed by atoms with E-state index in [0.29, 0.717) is 21.7 Å². The highest BCUT2D eigenvalue weighted by Gasteiger charge is 2.07. The lowest BCUT2D eigenvalue weighted by molar-refractivity contribution is 0.429. The zero-order chi connectivity index (χ0) is 11.5. The summed E-state index contributed by atoms with van der Waals surface area (Å²) in [5.74, 6) is 0.516. The van der Waals surface area contributed by atoms with Gasteiger partial charge in [0.25, 0.3) is 5.22 Å². The Morgan fingerprint density at radius 1 is 1.44 bits per heavy atom. The summed E-state index contributed by atoms with van der Waals surface area (Å²) in [6.45, 7) is 1.73.